The second-order valence-electron chi connectivity index (χ2n) is 3.58. The van der Waals surface area contributed by atoms with E-state index in [-0.39, 0.29) is 6.42 Å². The molecule has 0 saturated carbocycles. The monoisotopic (exact) mass is 295 g/mol. The first-order chi connectivity index (χ1) is 8.15. The number of carboxylic acids is 1. The molecule has 0 spiro atoms. The van der Waals surface area contributed by atoms with E-state index in [1.807, 2.05) is 24.3 Å². The van der Waals surface area contributed by atoms with Crippen LogP contribution < -0.4 is 0 Å². The summed E-state index contributed by atoms with van der Waals surface area (Å²) < 4.78 is 6.07. The van der Waals surface area contributed by atoms with Crippen molar-refractivity contribution in [1.82, 2.24) is 5.16 Å². The summed E-state index contributed by atoms with van der Waals surface area (Å²) in [5, 5.41) is 12.5. The Labute approximate surface area is 106 Å². The highest BCUT2D eigenvalue weighted by molar-refractivity contribution is 9.10. The number of aryl methyl sites for hydroxylation is 1. The third-order valence-corrected chi connectivity index (χ3v) is 2.81. The zero-order chi connectivity index (χ0) is 12.3. The Morgan fingerprint density at radius 1 is 1.35 bits per heavy atom. The summed E-state index contributed by atoms with van der Waals surface area (Å²) in [7, 11) is 0. The van der Waals surface area contributed by atoms with Crippen LogP contribution in [0.4, 0.5) is 0 Å². The standard InChI is InChI=1S/C12H10BrNO3/c13-9-3-1-8(2-4-9)11-7-10(17-14-11)5-6-12(15)16/h1-4,7H,5-6H2,(H,15,16). The molecular weight excluding hydrogens is 286 g/mol. The van der Waals surface area contributed by atoms with Crippen LogP contribution in [0.2, 0.25) is 0 Å². The van der Waals surface area contributed by atoms with Crippen molar-refractivity contribution < 1.29 is 14.4 Å². The molecule has 0 saturated heterocycles. The predicted molar refractivity (Wildman–Crippen MR) is 65.6 cm³/mol. The number of benzene rings is 1. The quantitative estimate of drug-likeness (QED) is 0.941. The molecule has 1 aromatic heterocycles. The van der Waals surface area contributed by atoms with Gasteiger partial charge in [0.2, 0.25) is 0 Å². The van der Waals surface area contributed by atoms with Gasteiger partial charge in [0.05, 0.1) is 6.42 Å². The number of aliphatic carboxylic acids is 1. The molecule has 2 rings (SSSR count). The van der Waals surface area contributed by atoms with Gasteiger partial charge >= 0.3 is 5.97 Å². The van der Waals surface area contributed by atoms with E-state index in [1.54, 1.807) is 6.07 Å². The molecule has 0 bridgehead atoms. The average molecular weight is 296 g/mol. The Balaban J connectivity index is 2.12. The van der Waals surface area contributed by atoms with Crippen LogP contribution in [-0.2, 0) is 11.2 Å². The highest BCUT2D eigenvalue weighted by Crippen LogP contribution is 2.21. The van der Waals surface area contributed by atoms with Crippen molar-refractivity contribution in [2.24, 2.45) is 0 Å². The van der Waals surface area contributed by atoms with E-state index in [1.165, 1.54) is 0 Å². The lowest BCUT2D eigenvalue weighted by Crippen LogP contribution is -1.96. The minimum Gasteiger partial charge on any atom is -0.481 e. The van der Waals surface area contributed by atoms with Crippen LogP contribution in [0.1, 0.15) is 12.2 Å². The Morgan fingerprint density at radius 3 is 2.71 bits per heavy atom. The van der Waals surface area contributed by atoms with E-state index in [0.717, 1.165) is 15.7 Å². The normalized spacial score (nSPS) is 10.4. The summed E-state index contributed by atoms with van der Waals surface area (Å²) >= 11 is 3.35. The first-order valence-electron chi connectivity index (χ1n) is 5.08. The van der Waals surface area contributed by atoms with Gasteiger partial charge < -0.3 is 9.63 Å². The second-order valence-corrected chi connectivity index (χ2v) is 4.49. The maximum absolute atomic E-state index is 10.4. The van der Waals surface area contributed by atoms with E-state index in [4.69, 9.17) is 9.63 Å². The summed E-state index contributed by atoms with van der Waals surface area (Å²) in [6, 6.07) is 9.44. The summed E-state index contributed by atoms with van der Waals surface area (Å²) in [4.78, 5) is 10.4. The first kappa shape index (κ1) is 11.9. The molecule has 1 aromatic carbocycles. The summed E-state index contributed by atoms with van der Waals surface area (Å²) in [6.07, 6.45) is 0.411. The molecule has 0 fully saturated rings. The summed E-state index contributed by atoms with van der Waals surface area (Å²) in [5.41, 5.74) is 1.66. The third-order valence-electron chi connectivity index (χ3n) is 2.28. The van der Waals surface area contributed by atoms with Crippen molar-refractivity contribution in [3.8, 4) is 11.3 Å². The number of hydrogen-bond acceptors (Lipinski definition) is 3. The molecule has 17 heavy (non-hydrogen) atoms. The van der Waals surface area contributed by atoms with Crippen molar-refractivity contribution in [2.75, 3.05) is 0 Å². The Morgan fingerprint density at radius 2 is 2.06 bits per heavy atom. The van der Waals surface area contributed by atoms with Crippen molar-refractivity contribution >= 4 is 21.9 Å². The van der Waals surface area contributed by atoms with Crippen molar-refractivity contribution in [1.29, 1.82) is 0 Å². The maximum Gasteiger partial charge on any atom is 0.303 e. The van der Waals surface area contributed by atoms with Gasteiger partial charge in [0.15, 0.2) is 0 Å². The lowest BCUT2D eigenvalue weighted by atomic mass is 10.1. The number of nitrogens with zero attached hydrogens (tertiary/aromatic N) is 1. The molecule has 0 amide bonds. The van der Waals surface area contributed by atoms with Gasteiger partial charge in [0, 0.05) is 22.5 Å². The fraction of sp³-hybridized carbons (Fsp3) is 0.167. The zero-order valence-electron chi connectivity index (χ0n) is 8.89. The molecule has 0 atom stereocenters. The van der Waals surface area contributed by atoms with Gasteiger partial charge in [-0.2, -0.15) is 0 Å². The highest BCUT2D eigenvalue weighted by Gasteiger charge is 2.08. The number of hydrogen-bond donors (Lipinski definition) is 1. The van der Waals surface area contributed by atoms with Crippen LogP contribution in [-0.4, -0.2) is 16.2 Å². The van der Waals surface area contributed by atoms with Gasteiger partial charge in [-0.3, -0.25) is 4.79 Å². The molecule has 1 N–H and O–H groups in total. The molecule has 0 aliphatic carbocycles. The first-order valence-corrected chi connectivity index (χ1v) is 5.88. The van der Waals surface area contributed by atoms with Crippen LogP contribution in [0, 0.1) is 0 Å². The highest BCUT2D eigenvalue weighted by atomic mass is 79.9. The molecule has 0 aliphatic heterocycles. The molecule has 0 unspecified atom stereocenters. The van der Waals surface area contributed by atoms with E-state index in [0.29, 0.717) is 12.2 Å². The number of aromatic nitrogens is 1. The van der Waals surface area contributed by atoms with Crippen LogP contribution in [0.3, 0.4) is 0 Å². The van der Waals surface area contributed by atoms with Gasteiger partial charge in [-0.15, -0.1) is 0 Å². The summed E-state index contributed by atoms with van der Waals surface area (Å²) in [6.45, 7) is 0. The molecule has 2 aromatic rings. The van der Waals surface area contributed by atoms with Gasteiger partial charge in [-0.25, -0.2) is 0 Å². The average Bonchev–Trinajstić information content (AvgIpc) is 2.76. The third kappa shape index (κ3) is 3.17. The van der Waals surface area contributed by atoms with Gasteiger partial charge in [0.25, 0.3) is 0 Å². The SMILES string of the molecule is O=C(O)CCc1cc(-c2ccc(Br)cc2)no1. The van der Waals surface area contributed by atoms with Gasteiger partial charge in [-0.05, 0) is 12.1 Å². The van der Waals surface area contributed by atoms with Crippen molar-refractivity contribution in [2.45, 2.75) is 12.8 Å². The molecule has 88 valence electrons. The fourth-order valence-electron chi connectivity index (χ4n) is 1.42. The Bertz CT molecular complexity index is 519. The van der Waals surface area contributed by atoms with E-state index in [9.17, 15) is 4.79 Å². The fourth-order valence-corrected chi connectivity index (χ4v) is 1.68. The lowest BCUT2D eigenvalue weighted by molar-refractivity contribution is -0.137. The minimum atomic E-state index is -0.841. The smallest absolute Gasteiger partial charge is 0.303 e. The van der Waals surface area contributed by atoms with E-state index < -0.39 is 5.97 Å². The van der Waals surface area contributed by atoms with Crippen LogP contribution in [0.5, 0.6) is 0 Å². The molecular formula is C12H10BrNO3. The number of rotatable bonds is 4. The molecule has 5 heteroatoms. The van der Waals surface area contributed by atoms with Gasteiger partial charge in [-0.1, -0.05) is 33.2 Å². The molecule has 4 nitrogen and oxygen atoms in total. The molecule has 0 radical (unpaired) electrons. The van der Waals surface area contributed by atoms with Crippen LogP contribution in [0.15, 0.2) is 39.3 Å². The minimum absolute atomic E-state index is 0.0506. The number of carbonyl (C=O) groups is 1. The van der Waals surface area contributed by atoms with E-state index in [2.05, 4.69) is 21.1 Å². The van der Waals surface area contributed by atoms with Crippen molar-refractivity contribution in [3.63, 3.8) is 0 Å². The zero-order valence-corrected chi connectivity index (χ0v) is 10.5. The second kappa shape index (κ2) is 5.14. The number of carboxylic acid groups (broad SMARTS) is 1. The Kier molecular flexibility index (Phi) is 3.58. The number of halogens is 1. The predicted octanol–water partition coefficient (Wildman–Crippen LogP) is 3.12. The maximum atomic E-state index is 10.4. The largest absolute Gasteiger partial charge is 0.481 e. The van der Waals surface area contributed by atoms with Crippen LogP contribution in [0.25, 0.3) is 11.3 Å². The Hall–Kier alpha value is -1.62. The van der Waals surface area contributed by atoms with E-state index >= 15 is 0 Å². The lowest BCUT2D eigenvalue weighted by Gasteiger charge is -1.94. The topological polar surface area (TPSA) is 63.3 Å². The summed E-state index contributed by atoms with van der Waals surface area (Å²) in [5.74, 6) is -0.253. The molecule has 1 heterocycles. The van der Waals surface area contributed by atoms with Crippen LogP contribution >= 0.6 is 15.9 Å². The van der Waals surface area contributed by atoms with Crippen molar-refractivity contribution in [3.05, 3.63) is 40.6 Å². The molecule has 0 aliphatic rings. The van der Waals surface area contributed by atoms with Gasteiger partial charge in [0.1, 0.15) is 11.5 Å².